The third-order valence-corrected chi connectivity index (χ3v) is 5.87. The minimum Gasteiger partial charge on any atom is -0.396 e. The maximum Gasteiger partial charge on any atom is 0.264 e. The molecule has 0 bridgehead atoms. The van der Waals surface area contributed by atoms with Gasteiger partial charge in [0.2, 0.25) is 11.8 Å². The Bertz CT molecular complexity index is 839. The molecule has 0 aliphatic carbocycles. The first-order chi connectivity index (χ1) is 15.0. The van der Waals surface area contributed by atoms with Crippen molar-refractivity contribution in [2.24, 2.45) is 0 Å². The summed E-state index contributed by atoms with van der Waals surface area (Å²) in [6.45, 7) is 0.967. The predicted molar refractivity (Wildman–Crippen MR) is 116 cm³/mol. The zero-order valence-electron chi connectivity index (χ0n) is 17.8. The van der Waals surface area contributed by atoms with E-state index in [0.29, 0.717) is 23.4 Å². The molecule has 2 heterocycles. The number of rotatable bonds is 12. The third kappa shape index (κ3) is 5.50. The van der Waals surface area contributed by atoms with E-state index in [1.807, 2.05) is 0 Å². The summed E-state index contributed by atoms with van der Waals surface area (Å²) in [7, 11) is 0. The van der Waals surface area contributed by atoms with Crippen molar-refractivity contribution in [2.75, 3.05) is 18.5 Å². The topological polar surface area (TPSA) is 116 Å². The van der Waals surface area contributed by atoms with Gasteiger partial charge in [-0.25, -0.2) is 0 Å². The lowest BCUT2D eigenvalue weighted by Crippen LogP contribution is -2.54. The third-order valence-electron chi connectivity index (χ3n) is 5.87. The Balaban J connectivity index is 1.51. The molecule has 8 nitrogen and oxygen atoms in total. The van der Waals surface area contributed by atoms with Gasteiger partial charge in [-0.1, -0.05) is 44.6 Å². The summed E-state index contributed by atoms with van der Waals surface area (Å²) >= 11 is 0. The molecule has 1 saturated heterocycles. The molecule has 168 valence electrons. The molecule has 1 aromatic carbocycles. The standard InChI is InChI=1S/C23H31N3O5/c27-15-8-6-4-2-1-3-5-7-14-24-17-11-9-10-16-20(17)23(31)26(22(16)30)18-12-13-19(28)25-21(18)29/h9-11,18,24,27H,1-8,12-15H2,(H,25,28,29). The Hall–Kier alpha value is -2.74. The van der Waals surface area contributed by atoms with Crippen LogP contribution in [0.3, 0.4) is 0 Å². The largest absolute Gasteiger partial charge is 0.396 e. The molecule has 2 aliphatic heterocycles. The first-order valence-corrected chi connectivity index (χ1v) is 11.2. The summed E-state index contributed by atoms with van der Waals surface area (Å²) in [6.07, 6.45) is 8.94. The highest BCUT2D eigenvalue weighted by Gasteiger charge is 2.45. The quantitative estimate of drug-likeness (QED) is 0.347. The van der Waals surface area contributed by atoms with Crippen molar-refractivity contribution in [2.45, 2.75) is 70.3 Å². The first kappa shape index (κ1) is 22.9. The minimum absolute atomic E-state index is 0.107. The fraction of sp³-hybridized carbons (Fsp3) is 0.565. The number of imide groups is 2. The van der Waals surface area contributed by atoms with Gasteiger partial charge in [0, 0.05) is 25.3 Å². The van der Waals surface area contributed by atoms with Gasteiger partial charge in [0.1, 0.15) is 6.04 Å². The van der Waals surface area contributed by atoms with Crippen LogP contribution >= 0.6 is 0 Å². The Morgan fingerprint density at radius 2 is 1.61 bits per heavy atom. The molecule has 2 aliphatic rings. The van der Waals surface area contributed by atoms with Crippen LogP contribution in [0.2, 0.25) is 0 Å². The number of carbonyl (C=O) groups excluding carboxylic acids is 4. The number of unbranched alkanes of at least 4 members (excludes halogenated alkanes) is 7. The number of nitrogens with zero attached hydrogens (tertiary/aromatic N) is 1. The molecule has 0 radical (unpaired) electrons. The molecular weight excluding hydrogens is 398 g/mol. The second-order valence-corrected chi connectivity index (χ2v) is 8.15. The number of aliphatic hydroxyl groups excluding tert-OH is 1. The van der Waals surface area contributed by atoms with Gasteiger partial charge in [0.15, 0.2) is 0 Å². The number of anilines is 1. The van der Waals surface area contributed by atoms with Crippen LogP contribution in [-0.2, 0) is 9.59 Å². The van der Waals surface area contributed by atoms with E-state index in [1.165, 1.54) is 12.8 Å². The molecule has 3 N–H and O–H groups in total. The molecular formula is C23H31N3O5. The van der Waals surface area contributed by atoms with Crippen molar-refractivity contribution >= 4 is 29.3 Å². The van der Waals surface area contributed by atoms with Gasteiger partial charge < -0.3 is 10.4 Å². The van der Waals surface area contributed by atoms with Crippen molar-refractivity contribution < 1.29 is 24.3 Å². The van der Waals surface area contributed by atoms with Gasteiger partial charge in [-0.05, 0) is 31.4 Å². The number of amides is 4. The van der Waals surface area contributed by atoms with Gasteiger partial charge in [-0.2, -0.15) is 0 Å². The second kappa shape index (κ2) is 11.0. The summed E-state index contributed by atoms with van der Waals surface area (Å²) in [5, 5.41) is 14.3. The smallest absolute Gasteiger partial charge is 0.264 e. The van der Waals surface area contributed by atoms with E-state index in [9.17, 15) is 19.2 Å². The van der Waals surface area contributed by atoms with Crippen LogP contribution in [0.25, 0.3) is 0 Å². The molecule has 1 unspecified atom stereocenters. The molecule has 3 rings (SSSR count). The molecule has 1 aromatic rings. The van der Waals surface area contributed by atoms with E-state index in [-0.39, 0.29) is 25.4 Å². The van der Waals surface area contributed by atoms with E-state index in [4.69, 9.17) is 5.11 Å². The molecule has 1 fully saturated rings. The van der Waals surface area contributed by atoms with Crippen molar-refractivity contribution in [3.63, 3.8) is 0 Å². The van der Waals surface area contributed by atoms with Crippen molar-refractivity contribution in [1.82, 2.24) is 10.2 Å². The van der Waals surface area contributed by atoms with Gasteiger partial charge in [0.25, 0.3) is 11.8 Å². The minimum atomic E-state index is -0.949. The fourth-order valence-corrected chi connectivity index (χ4v) is 4.18. The maximum atomic E-state index is 13.0. The normalized spacial score (nSPS) is 18.4. The van der Waals surface area contributed by atoms with Crippen molar-refractivity contribution in [1.29, 1.82) is 0 Å². The number of carbonyl (C=O) groups is 4. The highest BCUT2D eigenvalue weighted by atomic mass is 16.3. The van der Waals surface area contributed by atoms with Crippen LogP contribution in [-0.4, -0.2) is 52.8 Å². The number of nitrogens with one attached hydrogen (secondary N) is 2. The first-order valence-electron chi connectivity index (χ1n) is 11.2. The predicted octanol–water partition coefficient (Wildman–Crippen LogP) is 2.61. The monoisotopic (exact) mass is 429 g/mol. The molecule has 0 saturated carbocycles. The number of fused-ring (bicyclic) bond motifs is 1. The lowest BCUT2D eigenvalue weighted by molar-refractivity contribution is -0.136. The number of piperidine rings is 1. The molecule has 31 heavy (non-hydrogen) atoms. The number of hydrogen-bond acceptors (Lipinski definition) is 6. The SMILES string of the molecule is O=C1CCC(N2C(=O)c3cccc(NCCCCCCCCCCO)c3C2=O)C(=O)N1. The van der Waals surface area contributed by atoms with Gasteiger partial charge in [-0.3, -0.25) is 29.4 Å². The molecule has 8 heteroatoms. The lowest BCUT2D eigenvalue weighted by atomic mass is 10.0. The summed E-state index contributed by atoms with van der Waals surface area (Å²) < 4.78 is 0. The van der Waals surface area contributed by atoms with Crippen LogP contribution < -0.4 is 10.6 Å². The Kier molecular flexibility index (Phi) is 8.17. The van der Waals surface area contributed by atoms with Crippen LogP contribution in [0, 0.1) is 0 Å². The zero-order valence-corrected chi connectivity index (χ0v) is 17.8. The fourth-order valence-electron chi connectivity index (χ4n) is 4.18. The van der Waals surface area contributed by atoms with Gasteiger partial charge >= 0.3 is 0 Å². The Labute approximate surface area is 182 Å². The highest BCUT2D eigenvalue weighted by molar-refractivity contribution is 6.25. The van der Waals surface area contributed by atoms with E-state index in [1.54, 1.807) is 18.2 Å². The van der Waals surface area contributed by atoms with E-state index in [0.717, 1.165) is 43.4 Å². The number of benzene rings is 1. The van der Waals surface area contributed by atoms with Gasteiger partial charge in [0.05, 0.1) is 11.1 Å². The number of aliphatic hydroxyl groups is 1. The summed E-state index contributed by atoms with van der Waals surface area (Å²) in [5.74, 6) is -1.96. The van der Waals surface area contributed by atoms with Crippen molar-refractivity contribution in [3.8, 4) is 0 Å². The second-order valence-electron chi connectivity index (χ2n) is 8.15. The number of hydrogen-bond donors (Lipinski definition) is 3. The zero-order chi connectivity index (χ0) is 22.2. The van der Waals surface area contributed by atoms with Crippen LogP contribution in [0.15, 0.2) is 18.2 Å². The van der Waals surface area contributed by atoms with Crippen LogP contribution in [0.1, 0.15) is 84.9 Å². The van der Waals surface area contributed by atoms with Crippen LogP contribution in [0.5, 0.6) is 0 Å². The maximum absolute atomic E-state index is 13.0. The molecule has 0 aromatic heterocycles. The lowest BCUT2D eigenvalue weighted by Gasteiger charge is -2.27. The summed E-state index contributed by atoms with van der Waals surface area (Å²) in [6, 6.07) is 4.16. The molecule has 4 amide bonds. The summed E-state index contributed by atoms with van der Waals surface area (Å²) in [4.78, 5) is 50.4. The Morgan fingerprint density at radius 3 is 2.29 bits per heavy atom. The van der Waals surface area contributed by atoms with Crippen LogP contribution in [0.4, 0.5) is 5.69 Å². The molecule has 0 spiro atoms. The molecule has 1 atom stereocenters. The van der Waals surface area contributed by atoms with Crippen molar-refractivity contribution in [3.05, 3.63) is 29.3 Å². The average Bonchev–Trinajstić information content (AvgIpc) is 3.01. The summed E-state index contributed by atoms with van der Waals surface area (Å²) in [5.41, 5.74) is 1.21. The van der Waals surface area contributed by atoms with E-state index in [2.05, 4.69) is 10.6 Å². The van der Waals surface area contributed by atoms with E-state index < -0.39 is 23.8 Å². The highest BCUT2D eigenvalue weighted by Crippen LogP contribution is 2.32. The Morgan fingerprint density at radius 1 is 0.935 bits per heavy atom. The van der Waals surface area contributed by atoms with Gasteiger partial charge in [-0.15, -0.1) is 0 Å². The van der Waals surface area contributed by atoms with E-state index >= 15 is 0 Å². The average molecular weight is 430 g/mol.